The average molecular weight is 366 g/mol. The summed E-state index contributed by atoms with van der Waals surface area (Å²) in [5, 5.41) is 0. The number of hydrogen-bond donors (Lipinski definition) is 0. The van der Waals surface area contributed by atoms with Crippen LogP contribution in [0.25, 0.3) is 0 Å². The first-order chi connectivity index (χ1) is 6.45. The zero-order chi connectivity index (χ0) is 8.93. The summed E-state index contributed by atoms with van der Waals surface area (Å²) in [7, 11) is 0. The smallest absolute Gasteiger partial charge is 0.219 e. The van der Waals surface area contributed by atoms with Crippen LogP contribution in [-0.4, -0.2) is 4.98 Å². The van der Waals surface area contributed by atoms with E-state index in [1.807, 2.05) is 48.5 Å². The van der Waals surface area contributed by atoms with Crippen LogP contribution in [0.1, 0.15) is 0 Å². The van der Waals surface area contributed by atoms with Gasteiger partial charge in [-0.15, -0.1) is 0 Å². The Labute approximate surface area is 97.2 Å². The van der Waals surface area contributed by atoms with Gasteiger partial charge in [-0.25, -0.2) is 4.98 Å². The predicted molar refractivity (Wildman–Crippen MR) is 50.8 cm³/mol. The van der Waals surface area contributed by atoms with Crippen molar-refractivity contribution in [2.45, 2.75) is 0 Å². The van der Waals surface area contributed by atoms with E-state index in [4.69, 9.17) is 4.74 Å². The van der Waals surface area contributed by atoms with Crippen molar-refractivity contribution in [3.63, 3.8) is 0 Å². The molecule has 0 saturated carbocycles. The SMILES string of the molecule is [Pt].c1ccc(Oc2ccccn2)cc1. The van der Waals surface area contributed by atoms with E-state index in [0.717, 1.165) is 5.75 Å². The standard InChI is InChI=1S/C11H9NO.Pt/c1-2-6-10(7-3-1)13-11-8-4-5-9-12-11;/h1-9H;. The molecule has 2 nitrogen and oxygen atoms in total. The molecule has 1 aromatic carbocycles. The van der Waals surface area contributed by atoms with Gasteiger partial charge in [-0.3, -0.25) is 0 Å². The molecule has 0 spiro atoms. The van der Waals surface area contributed by atoms with E-state index in [1.54, 1.807) is 6.20 Å². The summed E-state index contributed by atoms with van der Waals surface area (Å²) in [6, 6.07) is 15.2. The first-order valence-corrected chi connectivity index (χ1v) is 4.09. The molecule has 74 valence electrons. The van der Waals surface area contributed by atoms with Crippen LogP contribution in [0.5, 0.6) is 11.6 Å². The van der Waals surface area contributed by atoms with Crippen LogP contribution in [-0.2, 0) is 21.1 Å². The van der Waals surface area contributed by atoms with Gasteiger partial charge in [0.05, 0.1) is 0 Å². The Morgan fingerprint density at radius 3 is 2.21 bits per heavy atom. The topological polar surface area (TPSA) is 22.1 Å². The van der Waals surface area contributed by atoms with Crippen molar-refractivity contribution in [2.24, 2.45) is 0 Å². The van der Waals surface area contributed by atoms with Crippen molar-refractivity contribution in [1.29, 1.82) is 0 Å². The third-order valence-electron chi connectivity index (χ3n) is 1.60. The Bertz CT molecular complexity index is 326. The maximum atomic E-state index is 5.47. The van der Waals surface area contributed by atoms with Crippen LogP contribution in [0, 0.1) is 0 Å². The van der Waals surface area contributed by atoms with Crippen LogP contribution in [0.2, 0.25) is 0 Å². The third kappa shape index (κ3) is 2.97. The van der Waals surface area contributed by atoms with Crippen molar-refractivity contribution >= 4 is 0 Å². The van der Waals surface area contributed by atoms with Gasteiger partial charge in [-0.1, -0.05) is 24.3 Å². The van der Waals surface area contributed by atoms with Gasteiger partial charge in [0.2, 0.25) is 5.88 Å². The number of benzene rings is 1. The monoisotopic (exact) mass is 366 g/mol. The molecule has 0 unspecified atom stereocenters. The molecule has 0 aliphatic heterocycles. The van der Waals surface area contributed by atoms with Gasteiger partial charge >= 0.3 is 0 Å². The largest absolute Gasteiger partial charge is 0.439 e. The molecule has 14 heavy (non-hydrogen) atoms. The average Bonchev–Trinajstić information content (AvgIpc) is 2.21. The second kappa shape index (κ2) is 5.56. The van der Waals surface area contributed by atoms with E-state index in [1.165, 1.54) is 0 Å². The summed E-state index contributed by atoms with van der Waals surface area (Å²) in [5.74, 6) is 1.43. The van der Waals surface area contributed by atoms with Crippen LogP contribution < -0.4 is 4.74 Å². The summed E-state index contributed by atoms with van der Waals surface area (Å²) in [5.41, 5.74) is 0. The van der Waals surface area contributed by atoms with Gasteiger partial charge in [0.1, 0.15) is 5.75 Å². The maximum Gasteiger partial charge on any atom is 0.219 e. The quantitative estimate of drug-likeness (QED) is 0.816. The molecule has 3 heteroatoms. The molecule has 0 fully saturated rings. The van der Waals surface area contributed by atoms with E-state index in [-0.39, 0.29) is 21.1 Å². The summed E-state index contributed by atoms with van der Waals surface area (Å²) >= 11 is 0. The third-order valence-corrected chi connectivity index (χ3v) is 1.60. The van der Waals surface area contributed by atoms with E-state index in [2.05, 4.69) is 4.98 Å². The molecule has 0 aliphatic rings. The van der Waals surface area contributed by atoms with Crippen LogP contribution in [0.15, 0.2) is 54.7 Å². The van der Waals surface area contributed by atoms with E-state index < -0.39 is 0 Å². The van der Waals surface area contributed by atoms with Crippen molar-refractivity contribution in [3.8, 4) is 11.6 Å². The van der Waals surface area contributed by atoms with Gasteiger partial charge in [-0.2, -0.15) is 0 Å². The molecule has 2 rings (SSSR count). The second-order valence-corrected chi connectivity index (χ2v) is 2.58. The van der Waals surface area contributed by atoms with E-state index in [9.17, 15) is 0 Å². The van der Waals surface area contributed by atoms with Crippen molar-refractivity contribution < 1.29 is 25.8 Å². The van der Waals surface area contributed by atoms with Gasteiger partial charge in [0.15, 0.2) is 0 Å². The van der Waals surface area contributed by atoms with Gasteiger partial charge in [0, 0.05) is 33.3 Å². The van der Waals surface area contributed by atoms with Crippen molar-refractivity contribution in [3.05, 3.63) is 54.7 Å². The zero-order valence-corrected chi connectivity index (χ0v) is 9.64. The molecule has 0 N–H and O–H groups in total. The molecule has 1 heterocycles. The fourth-order valence-electron chi connectivity index (χ4n) is 1.02. The molecule has 1 aromatic heterocycles. The van der Waals surface area contributed by atoms with Gasteiger partial charge < -0.3 is 4.74 Å². The summed E-state index contributed by atoms with van der Waals surface area (Å²) in [4.78, 5) is 4.05. The molecule has 0 amide bonds. The molecular weight excluding hydrogens is 357 g/mol. The predicted octanol–water partition coefficient (Wildman–Crippen LogP) is 2.87. The number of aromatic nitrogens is 1. The number of nitrogens with zero attached hydrogens (tertiary/aromatic N) is 1. The van der Waals surface area contributed by atoms with E-state index >= 15 is 0 Å². The molecular formula is C11H9NOPt. The Morgan fingerprint density at radius 1 is 0.857 bits per heavy atom. The Balaban J connectivity index is 0.000000980. The number of para-hydroxylation sites is 1. The zero-order valence-electron chi connectivity index (χ0n) is 7.37. The van der Waals surface area contributed by atoms with Crippen molar-refractivity contribution in [1.82, 2.24) is 4.98 Å². The fourth-order valence-corrected chi connectivity index (χ4v) is 1.02. The van der Waals surface area contributed by atoms with Gasteiger partial charge in [0.25, 0.3) is 0 Å². The first-order valence-electron chi connectivity index (χ1n) is 4.09. The van der Waals surface area contributed by atoms with Crippen molar-refractivity contribution in [2.75, 3.05) is 0 Å². The second-order valence-electron chi connectivity index (χ2n) is 2.58. The number of pyridine rings is 1. The fraction of sp³-hybridized carbons (Fsp3) is 0. The number of rotatable bonds is 2. The molecule has 0 saturated heterocycles. The van der Waals surface area contributed by atoms with Crippen LogP contribution in [0.3, 0.4) is 0 Å². The molecule has 2 aromatic rings. The number of hydrogen-bond acceptors (Lipinski definition) is 2. The minimum absolute atomic E-state index is 0. The van der Waals surface area contributed by atoms with Crippen LogP contribution in [0.4, 0.5) is 0 Å². The summed E-state index contributed by atoms with van der Waals surface area (Å²) in [6.07, 6.45) is 1.71. The number of ether oxygens (including phenoxy) is 1. The van der Waals surface area contributed by atoms with Crippen LogP contribution >= 0.6 is 0 Å². The molecule has 0 atom stereocenters. The summed E-state index contributed by atoms with van der Waals surface area (Å²) in [6.45, 7) is 0. The molecule has 0 aliphatic carbocycles. The molecule has 0 radical (unpaired) electrons. The Morgan fingerprint density at radius 2 is 1.57 bits per heavy atom. The normalized spacial score (nSPS) is 8.86. The first kappa shape index (κ1) is 10.9. The minimum Gasteiger partial charge on any atom is -0.439 e. The van der Waals surface area contributed by atoms with Gasteiger partial charge in [-0.05, 0) is 18.2 Å². The Hall–Kier alpha value is -1.14. The minimum atomic E-state index is 0. The molecule has 0 bridgehead atoms. The summed E-state index contributed by atoms with van der Waals surface area (Å²) < 4.78 is 5.47. The van der Waals surface area contributed by atoms with E-state index in [0.29, 0.717) is 5.88 Å². The Kier molecular flexibility index (Phi) is 4.34. The maximum absolute atomic E-state index is 5.47.